The van der Waals surface area contributed by atoms with Crippen molar-refractivity contribution in [3.8, 4) is 0 Å². The third-order valence-corrected chi connectivity index (χ3v) is 5.27. The summed E-state index contributed by atoms with van der Waals surface area (Å²) in [7, 11) is 0. The van der Waals surface area contributed by atoms with E-state index in [1.165, 1.54) is 6.07 Å². The highest BCUT2D eigenvalue weighted by Crippen LogP contribution is 2.36. The van der Waals surface area contributed by atoms with E-state index in [2.05, 4.69) is 20.8 Å². The first-order chi connectivity index (χ1) is 13.9. The number of rotatable bonds is 4. The van der Waals surface area contributed by atoms with Crippen LogP contribution in [-0.2, 0) is 9.59 Å². The van der Waals surface area contributed by atoms with Crippen molar-refractivity contribution in [1.82, 2.24) is 15.5 Å². The molecule has 0 saturated carbocycles. The number of amides is 2. The Morgan fingerprint density at radius 2 is 2.14 bits per heavy atom. The minimum absolute atomic E-state index is 0.0300. The van der Waals surface area contributed by atoms with Gasteiger partial charge < -0.3 is 10.6 Å². The maximum atomic E-state index is 14.5. The predicted octanol–water partition coefficient (Wildman–Crippen LogP) is 4.26. The fourth-order valence-corrected chi connectivity index (χ4v) is 3.81. The molecule has 1 aliphatic rings. The molecule has 0 saturated heterocycles. The van der Waals surface area contributed by atoms with E-state index in [4.69, 9.17) is 11.6 Å². The molecule has 6 nitrogen and oxygen atoms in total. The molecule has 4 rings (SSSR count). The van der Waals surface area contributed by atoms with Gasteiger partial charge in [-0.1, -0.05) is 17.7 Å². The highest BCUT2D eigenvalue weighted by molar-refractivity contribution is 6.30. The Kier molecular flexibility index (Phi) is 5.07. The highest BCUT2D eigenvalue weighted by Gasteiger charge is 2.30. The lowest BCUT2D eigenvalue weighted by molar-refractivity contribution is -0.121. The number of carbonyl (C=O) groups is 2. The van der Waals surface area contributed by atoms with Gasteiger partial charge in [-0.2, -0.15) is 5.10 Å². The molecule has 29 heavy (non-hydrogen) atoms. The summed E-state index contributed by atoms with van der Waals surface area (Å²) < 4.78 is 14.5. The average molecular weight is 413 g/mol. The number of aromatic amines is 1. The van der Waals surface area contributed by atoms with E-state index in [0.717, 1.165) is 10.9 Å². The van der Waals surface area contributed by atoms with E-state index in [1.807, 2.05) is 12.1 Å². The second-order valence-electron chi connectivity index (χ2n) is 7.02. The molecule has 1 aromatic heterocycles. The first-order valence-corrected chi connectivity index (χ1v) is 9.46. The molecule has 148 valence electrons. The van der Waals surface area contributed by atoms with Gasteiger partial charge in [0.25, 0.3) is 0 Å². The SMILES string of the molecule is CC1=C(CC(=O)Nc2ccc3[nH]ncc3c2)C(c2ccc(Cl)cc2F)CC(=O)N1. The van der Waals surface area contributed by atoms with Crippen LogP contribution in [0, 0.1) is 5.82 Å². The standard InChI is InChI=1S/C21H18ClFN4O2/c1-11-16(8-21(29)26-14-3-5-19-12(6-14)10-24-27-19)17(9-20(28)25-11)15-4-2-13(22)7-18(15)23/h2-7,10,17H,8-9H2,1H3,(H,24,27)(H,25,28)(H,26,29). The number of hydrogen-bond donors (Lipinski definition) is 3. The first kappa shape index (κ1) is 19.1. The minimum Gasteiger partial charge on any atom is -0.330 e. The number of aromatic nitrogens is 2. The fraction of sp³-hybridized carbons (Fsp3) is 0.190. The maximum Gasteiger partial charge on any atom is 0.228 e. The van der Waals surface area contributed by atoms with Crippen LogP contribution < -0.4 is 10.6 Å². The predicted molar refractivity (Wildman–Crippen MR) is 109 cm³/mol. The van der Waals surface area contributed by atoms with Gasteiger partial charge in [-0.3, -0.25) is 14.7 Å². The number of anilines is 1. The Morgan fingerprint density at radius 3 is 2.93 bits per heavy atom. The quantitative estimate of drug-likeness (QED) is 0.598. The van der Waals surface area contributed by atoms with Gasteiger partial charge in [0.2, 0.25) is 11.8 Å². The maximum absolute atomic E-state index is 14.5. The van der Waals surface area contributed by atoms with Crippen molar-refractivity contribution in [2.24, 2.45) is 0 Å². The van der Waals surface area contributed by atoms with Crippen molar-refractivity contribution >= 4 is 40.0 Å². The Balaban J connectivity index is 1.58. The second-order valence-corrected chi connectivity index (χ2v) is 7.45. The number of allylic oxidation sites excluding steroid dienone is 1. The Bertz CT molecular complexity index is 1150. The van der Waals surface area contributed by atoms with Crippen LogP contribution in [0.15, 0.2) is 53.9 Å². The van der Waals surface area contributed by atoms with Crippen LogP contribution in [0.4, 0.5) is 10.1 Å². The Hall–Kier alpha value is -3.19. The molecule has 0 radical (unpaired) electrons. The number of benzene rings is 2. The second kappa shape index (κ2) is 7.67. The number of fused-ring (bicyclic) bond motifs is 1. The Labute approximate surface area is 171 Å². The zero-order valence-corrected chi connectivity index (χ0v) is 16.3. The van der Waals surface area contributed by atoms with Gasteiger partial charge in [0, 0.05) is 34.1 Å². The summed E-state index contributed by atoms with van der Waals surface area (Å²) in [4.78, 5) is 24.8. The number of carbonyl (C=O) groups excluding carboxylic acids is 2. The molecule has 1 unspecified atom stereocenters. The van der Waals surface area contributed by atoms with Crippen LogP contribution in [0.2, 0.25) is 5.02 Å². The molecule has 0 aliphatic carbocycles. The summed E-state index contributed by atoms with van der Waals surface area (Å²) in [6.45, 7) is 1.72. The van der Waals surface area contributed by atoms with E-state index in [0.29, 0.717) is 22.5 Å². The van der Waals surface area contributed by atoms with Gasteiger partial charge >= 0.3 is 0 Å². The summed E-state index contributed by atoms with van der Waals surface area (Å²) in [6.07, 6.45) is 1.77. The summed E-state index contributed by atoms with van der Waals surface area (Å²) in [5.74, 6) is -1.48. The summed E-state index contributed by atoms with van der Waals surface area (Å²) in [6, 6.07) is 9.79. The van der Waals surface area contributed by atoms with Crippen molar-refractivity contribution in [1.29, 1.82) is 0 Å². The van der Waals surface area contributed by atoms with Crippen LogP contribution in [0.5, 0.6) is 0 Å². The minimum atomic E-state index is -0.525. The molecule has 8 heteroatoms. The molecule has 0 bridgehead atoms. The molecule has 2 aromatic carbocycles. The Morgan fingerprint density at radius 1 is 1.31 bits per heavy atom. The van der Waals surface area contributed by atoms with Crippen molar-refractivity contribution in [2.45, 2.75) is 25.7 Å². The van der Waals surface area contributed by atoms with Crippen LogP contribution in [-0.4, -0.2) is 22.0 Å². The molecular formula is C21H18ClFN4O2. The van der Waals surface area contributed by atoms with Crippen LogP contribution in [0.1, 0.15) is 31.2 Å². The number of nitrogens with zero attached hydrogens (tertiary/aromatic N) is 1. The third-order valence-electron chi connectivity index (χ3n) is 5.03. The molecular weight excluding hydrogens is 395 g/mol. The van der Waals surface area contributed by atoms with Crippen LogP contribution in [0.3, 0.4) is 0 Å². The topological polar surface area (TPSA) is 86.9 Å². The van der Waals surface area contributed by atoms with E-state index in [9.17, 15) is 14.0 Å². The van der Waals surface area contributed by atoms with Gasteiger partial charge in [0.1, 0.15) is 5.82 Å². The van der Waals surface area contributed by atoms with E-state index >= 15 is 0 Å². The number of halogens is 2. The van der Waals surface area contributed by atoms with Crippen LogP contribution >= 0.6 is 11.6 Å². The lowest BCUT2D eigenvalue weighted by atomic mass is 9.82. The average Bonchev–Trinajstić information content (AvgIpc) is 3.12. The first-order valence-electron chi connectivity index (χ1n) is 9.08. The van der Waals surface area contributed by atoms with Crippen molar-refractivity contribution < 1.29 is 14.0 Å². The van der Waals surface area contributed by atoms with E-state index < -0.39 is 11.7 Å². The van der Waals surface area contributed by atoms with Gasteiger partial charge in [-0.25, -0.2) is 4.39 Å². The molecule has 1 atom stereocenters. The smallest absolute Gasteiger partial charge is 0.228 e. The monoisotopic (exact) mass is 412 g/mol. The zero-order valence-electron chi connectivity index (χ0n) is 15.6. The molecule has 0 spiro atoms. The number of nitrogens with one attached hydrogen (secondary N) is 3. The molecule has 2 heterocycles. The molecule has 3 N–H and O–H groups in total. The number of hydrogen-bond acceptors (Lipinski definition) is 3. The lowest BCUT2D eigenvalue weighted by Gasteiger charge is -2.28. The summed E-state index contributed by atoms with van der Waals surface area (Å²) >= 11 is 5.86. The van der Waals surface area contributed by atoms with Gasteiger partial charge in [-0.15, -0.1) is 0 Å². The van der Waals surface area contributed by atoms with E-state index in [1.54, 1.807) is 31.3 Å². The van der Waals surface area contributed by atoms with Crippen molar-refractivity contribution in [3.63, 3.8) is 0 Å². The van der Waals surface area contributed by atoms with Crippen molar-refractivity contribution in [2.75, 3.05) is 5.32 Å². The molecule has 3 aromatic rings. The van der Waals surface area contributed by atoms with Crippen LogP contribution in [0.25, 0.3) is 10.9 Å². The summed E-state index contributed by atoms with van der Waals surface area (Å²) in [5.41, 5.74) is 3.10. The summed E-state index contributed by atoms with van der Waals surface area (Å²) in [5, 5.41) is 13.6. The largest absolute Gasteiger partial charge is 0.330 e. The van der Waals surface area contributed by atoms with Gasteiger partial charge in [0.15, 0.2) is 0 Å². The molecule has 0 fully saturated rings. The highest BCUT2D eigenvalue weighted by atomic mass is 35.5. The van der Waals surface area contributed by atoms with Gasteiger partial charge in [-0.05, 0) is 48.4 Å². The lowest BCUT2D eigenvalue weighted by Crippen LogP contribution is -2.32. The fourth-order valence-electron chi connectivity index (χ4n) is 3.65. The van der Waals surface area contributed by atoms with Crippen molar-refractivity contribution in [3.05, 3.63) is 70.3 Å². The molecule has 2 amide bonds. The van der Waals surface area contributed by atoms with Gasteiger partial charge in [0.05, 0.1) is 18.1 Å². The van der Waals surface area contributed by atoms with E-state index in [-0.39, 0.29) is 29.7 Å². The third kappa shape index (κ3) is 4.00. The zero-order chi connectivity index (χ0) is 20.5. The normalized spacial score (nSPS) is 16.8. The number of H-pyrrole nitrogens is 1. The molecule has 1 aliphatic heterocycles.